The van der Waals surface area contributed by atoms with Crippen molar-refractivity contribution in [2.24, 2.45) is 0 Å². The Labute approximate surface area is 196 Å². The van der Waals surface area contributed by atoms with Gasteiger partial charge in [-0.05, 0) is 49.8 Å². The predicted octanol–water partition coefficient (Wildman–Crippen LogP) is 5.35. The van der Waals surface area contributed by atoms with Crippen molar-refractivity contribution in [3.8, 4) is 5.75 Å². The summed E-state index contributed by atoms with van der Waals surface area (Å²) in [7, 11) is 1.58. The third-order valence-corrected chi connectivity index (χ3v) is 6.70. The molecule has 2 N–H and O–H groups in total. The minimum absolute atomic E-state index is 0.203. The molecule has 0 atom stereocenters. The van der Waals surface area contributed by atoms with Gasteiger partial charge in [0.15, 0.2) is 5.75 Å². The summed E-state index contributed by atoms with van der Waals surface area (Å²) in [5, 5.41) is 6.86. The summed E-state index contributed by atoms with van der Waals surface area (Å²) in [6.45, 7) is 3.28. The number of carbonyl (C=O) groups excluding carboxylic acids is 2. The minimum atomic E-state index is -0.379. The fourth-order valence-corrected chi connectivity index (χ4v) is 5.34. The van der Waals surface area contributed by atoms with E-state index in [1.54, 1.807) is 7.11 Å². The molecule has 2 amide bonds. The molecule has 0 radical (unpaired) electrons. The predicted molar refractivity (Wildman–Crippen MR) is 125 cm³/mol. The number of carbonyl (C=O) groups is 2. The van der Waals surface area contributed by atoms with Gasteiger partial charge in [0.05, 0.1) is 28.8 Å². The number of anilines is 1. The van der Waals surface area contributed by atoms with Gasteiger partial charge in [0, 0.05) is 24.1 Å². The first kappa shape index (κ1) is 23.9. The zero-order valence-electron chi connectivity index (χ0n) is 17.6. The summed E-state index contributed by atoms with van der Waals surface area (Å²) >= 11 is 14.0. The smallest absolute Gasteiger partial charge is 0.256 e. The van der Waals surface area contributed by atoms with Crippen LogP contribution in [-0.4, -0.2) is 38.7 Å². The number of rotatable bonds is 9. The van der Waals surface area contributed by atoms with Crippen LogP contribution >= 0.6 is 34.5 Å². The Morgan fingerprint density at radius 1 is 1.10 bits per heavy atom. The van der Waals surface area contributed by atoms with E-state index in [0.29, 0.717) is 41.6 Å². The van der Waals surface area contributed by atoms with Crippen molar-refractivity contribution in [2.45, 2.75) is 39.0 Å². The maximum Gasteiger partial charge on any atom is 0.256 e. The molecule has 3 rings (SSSR count). The zero-order valence-corrected chi connectivity index (χ0v) is 19.9. The first-order valence-corrected chi connectivity index (χ1v) is 11.9. The van der Waals surface area contributed by atoms with E-state index in [9.17, 15) is 9.59 Å². The van der Waals surface area contributed by atoms with Crippen molar-refractivity contribution < 1.29 is 19.1 Å². The lowest BCUT2D eigenvalue weighted by molar-refractivity contribution is 0.0937. The second kappa shape index (κ2) is 11.2. The van der Waals surface area contributed by atoms with Crippen LogP contribution in [0.1, 0.15) is 57.3 Å². The lowest BCUT2D eigenvalue weighted by Gasteiger charge is -2.13. The zero-order chi connectivity index (χ0) is 22.4. The van der Waals surface area contributed by atoms with Gasteiger partial charge in [0.1, 0.15) is 5.00 Å². The second-order valence-corrected chi connectivity index (χ2v) is 9.15. The summed E-state index contributed by atoms with van der Waals surface area (Å²) in [6, 6.07) is 3.05. The molecule has 1 aromatic heterocycles. The van der Waals surface area contributed by atoms with Gasteiger partial charge in [-0.15, -0.1) is 11.3 Å². The number of thiophene rings is 1. The number of ether oxygens (including phenoxy) is 2. The number of hydrogen-bond acceptors (Lipinski definition) is 5. The van der Waals surface area contributed by atoms with Gasteiger partial charge in [-0.1, -0.05) is 30.1 Å². The van der Waals surface area contributed by atoms with E-state index in [2.05, 4.69) is 10.6 Å². The molecule has 0 aliphatic heterocycles. The maximum atomic E-state index is 13.0. The molecule has 0 unspecified atom stereocenters. The molecule has 1 aliphatic rings. The molecular formula is C22H26Cl2N2O4S. The van der Waals surface area contributed by atoms with Crippen LogP contribution in [0.3, 0.4) is 0 Å². The van der Waals surface area contributed by atoms with Crippen molar-refractivity contribution in [3.63, 3.8) is 0 Å². The first-order chi connectivity index (χ1) is 15.0. The minimum Gasteiger partial charge on any atom is -0.490 e. The molecule has 31 heavy (non-hydrogen) atoms. The van der Waals surface area contributed by atoms with E-state index in [1.165, 1.54) is 23.5 Å². The third kappa shape index (κ3) is 5.71. The summed E-state index contributed by atoms with van der Waals surface area (Å²) < 4.78 is 10.6. The Bertz CT molecular complexity index is 938. The number of amides is 2. The molecular weight excluding hydrogens is 459 g/mol. The van der Waals surface area contributed by atoms with Crippen molar-refractivity contribution >= 4 is 51.4 Å². The van der Waals surface area contributed by atoms with Crippen molar-refractivity contribution in [3.05, 3.63) is 43.7 Å². The van der Waals surface area contributed by atoms with Crippen LogP contribution in [-0.2, 0) is 17.6 Å². The van der Waals surface area contributed by atoms with Crippen LogP contribution in [0.4, 0.5) is 5.00 Å². The van der Waals surface area contributed by atoms with E-state index < -0.39 is 0 Å². The Hall–Kier alpha value is -1.80. The van der Waals surface area contributed by atoms with Gasteiger partial charge >= 0.3 is 0 Å². The van der Waals surface area contributed by atoms with Gasteiger partial charge in [-0.3, -0.25) is 9.59 Å². The average molecular weight is 485 g/mol. The van der Waals surface area contributed by atoms with Crippen LogP contribution in [0.15, 0.2) is 12.1 Å². The van der Waals surface area contributed by atoms with Crippen molar-refractivity contribution in [1.82, 2.24) is 5.32 Å². The van der Waals surface area contributed by atoms with Crippen LogP contribution in [0, 0.1) is 0 Å². The fourth-order valence-electron chi connectivity index (χ4n) is 3.46. The summed E-state index contributed by atoms with van der Waals surface area (Å²) in [6.07, 6.45) is 4.66. The molecule has 1 aromatic carbocycles. The number of nitrogens with one attached hydrogen (secondary N) is 2. The monoisotopic (exact) mass is 484 g/mol. The van der Waals surface area contributed by atoms with Crippen molar-refractivity contribution in [1.29, 1.82) is 0 Å². The third-order valence-electron chi connectivity index (χ3n) is 4.93. The standard InChI is InChI=1S/C22H26Cl2N2O4S/c1-3-9-30-19-15(23)11-13(12-16(19)24)20(27)26-22-18(21(28)25-8-10-29-2)14-6-4-5-7-17(14)31-22/h11-12H,3-10H2,1-2H3,(H,25,28)(H,26,27). The second-order valence-electron chi connectivity index (χ2n) is 7.24. The molecule has 9 heteroatoms. The SMILES string of the molecule is CCCOc1c(Cl)cc(C(=O)Nc2sc3c(c2C(=O)NCCOC)CCCC3)cc1Cl. The van der Waals surface area contributed by atoms with Crippen LogP contribution < -0.4 is 15.4 Å². The number of benzene rings is 1. The Morgan fingerprint density at radius 3 is 2.48 bits per heavy atom. The Kier molecular flexibility index (Phi) is 8.60. The molecule has 1 aliphatic carbocycles. The lowest BCUT2D eigenvalue weighted by Crippen LogP contribution is -2.28. The maximum absolute atomic E-state index is 13.0. The lowest BCUT2D eigenvalue weighted by atomic mass is 9.95. The van der Waals surface area contributed by atoms with Gasteiger partial charge in [0.2, 0.25) is 0 Å². The Morgan fingerprint density at radius 2 is 1.81 bits per heavy atom. The molecule has 0 saturated carbocycles. The number of methoxy groups -OCH3 is 1. The molecule has 0 spiro atoms. The van der Waals surface area contributed by atoms with E-state index in [4.69, 9.17) is 32.7 Å². The van der Waals surface area contributed by atoms with E-state index >= 15 is 0 Å². The number of fused-ring (bicyclic) bond motifs is 1. The van der Waals surface area contributed by atoms with Crippen LogP contribution in [0.25, 0.3) is 0 Å². The molecule has 1 heterocycles. The average Bonchev–Trinajstić information content (AvgIpc) is 3.11. The molecule has 2 aromatic rings. The largest absolute Gasteiger partial charge is 0.490 e. The van der Waals surface area contributed by atoms with Gasteiger partial charge in [0.25, 0.3) is 11.8 Å². The highest BCUT2D eigenvalue weighted by Crippen LogP contribution is 2.39. The highest BCUT2D eigenvalue weighted by atomic mass is 35.5. The summed E-state index contributed by atoms with van der Waals surface area (Å²) in [5.74, 6) is -0.215. The molecule has 0 bridgehead atoms. The number of aryl methyl sites for hydroxylation is 1. The quantitative estimate of drug-likeness (QED) is 0.470. The fraction of sp³-hybridized carbons (Fsp3) is 0.455. The summed E-state index contributed by atoms with van der Waals surface area (Å²) in [5.41, 5.74) is 1.88. The van der Waals surface area contributed by atoms with Gasteiger partial charge < -0.3 is 20.1 Å². The van der Waals surface area contributed by atoms with E-state index in [-0.39, 0.29) is 21.9 Å². The highest BCUT2D eigenvalue weighted by molar-refractivity contribution is 7.17. The summed E-state index contributed by atoms with van der Waals surface area (Å²) in [4.78, 5) is 27.0. The van der Waals surface area contributed by atoms with E-state index in [0.717, 1.165) is 42.5 Å². The van der Waals surface area contributed by atoms with Gasteiger partial charge in [-0.25, -0.2) is 0 Å². The molecule has 168 valence electrons. The van der Waals surface area contributed by atoms with Crippen LogP contribution in [0.5, 0.6) is 5.75 Å². The molecule has 6 nitrogen and oxygen atoms in total. The number of halogens is 2. The van der Waals surface area contributed by atoms with Crippen molar-refractivity contribution in [2.75, 3.05) is 32.2 Å². The molecule has 0 saturated heterocycles. The topological polar surface area (TPSA) is 76.7 Å². The number of hydrogen-bond donors (Lipinski definition) is 2. The van der Waals surface area contributed by atoms with Gasteiger partial charge in [-0.2, -0.15) is 0 Å². The normalized spacial score (nSPS) is 12.9. The Balaban J connectivity index is 1.85. The molecule has 0 fully saturated rings. The first-order valence-electron chi connectivity index (χ1n) is 10.3. The van der Waals surface area contributed by atoms with Crippen LogP contribution in [0.2, 0.25) is 10.0 Å². The highest BCUT2D eigenvalue weighted by Gasteiger charge is 2.27. The van der Waals surface area contributed by atoms with E-state index in [1.807, 2.05) is 6.92 Å².